The second kappa shape index (κ2) is 8.41. The number of carbonyl (C=O) groups is 1. The summed E-state index contributed by atoms with van der Waals surface area (Å²) in [6, 6.07) is 9.60. The van der Waals surface area contributed by atoms with Crippen LogP contribution < -0.4 is 10.0 Å². The lowest BCUT2D eigenvalue weighted by atomic mass is 10.2. The lowest BCUT2D eigenvalue weighted by Crippen LogP contribution is -2.15. The maximum absolute atomic E-state index is 13.5. The molecule has 3 heterocycles. The lowest BCUT2D eigenvalue weighted by Gasteiger charge is -2.08. The van der Waals surface area contributed by atoms with Gasteiger partial charge in [-0.25, -0.2) is 41.4 Å². The summed E-state index contributed by atoms with van der Waals surface area (Å²) in [4.78, 5) is 24.6. The summed E-state index contributed by atoms with van der Waals surface area (Å²) in [5.41, 5.74) is 0.608. The normalized spacial score (nSPS) is 13.9. The third kappa shape index (κ3) is 4.41. The maximum atomic E-state index is 13.5. The molecule has 10 nitrogen and oxygen atoms in total. The average molecular weight is 485 g/mol. The van der Waals surface area contributed by atoms with Crippen LogP contribution in [0.5, 0.6) is 0 Å². The van der Waals surface area contributed by atoms with Gasteiger partial charge in [0, 0.05) is 35.8 Å². The molecule has 0 bridgehead atoms. The van der Waals surface area contributed by atoms with Crippen LogP contribution in [-0.4, -0.2) is 38.9 Å². The third-order valence-electron chi connectivity index (χ3n) is 5.14. The summed E-state index contributed by atoms with van der Waals surface area (Å²) in [5.74, 6) is -0.564. The van der Waals surface area contributed by atoms with Gasteiger partial charge in [0.1, 0.15) is 5.69 Å². The number of alkyl halides is 2. The molecule has 174 valence electrons. The molecule has 1 aliphatic rings. The summed E-state index contributed by atoms with van der Waals surface area (Å²) in [7, 11) is -3.93. The van der Waals surface area contributed by atoms with Crippen molar-refractivity contribution < 1.29 is 22.0 Å². The largest absolute Gasteiger partial charge is 0.321 e. The van der Waals surface area contributed by atoms with Crippen molar-refractivity contribution in [2.75, 3.05) is 10.0 Å². The van der Waals surface area contributed by atoms with E-state index in [4.69, 9.17) is 0 Å². The van der Waals surface area contributed by atoms with Crippen LogP contribution in [0.1, 0.15) is 47.1 Å². The molecule has 13 heteroatoms. The van der Waals surface area contributed by atoms with Crippen LogP contribution in [0.4, 0.5) is 20.4 Å². The van der Waals surface area contributed by atoms with Crippen LogP contribution in [-0.2, 0) is 10.0 Å². The highest BCUT2D eigenvalue weighted by Crippen LogP contribution is 2.40. The second-order valence-corrected chi connectivity index (χ2v) is 9.32. The van der Waals surface area contributed by atoms with Gasteiger partial charge in [-0.1, -0.05) is 0 Å². The van der Waals surface area contributed by atoms with Gasteiger partial charge in [0.05, 0.1) is 4.90 Å². The van der Waals surface area contributed by atoms with E-state index in [0.29, 0.717) is 5.69 Å². The van der Waals surface area contributed by atoms with Crippen LogP contribution in [0.25, 0.3) is 5.65 Å². The Hall–Kier alpha value is -4.00. The number of hydrogen-bond acceptors (Lipinski definition) is 7. The van der Waals surface area contributed by atoms with Gasteiger partial charge in [0.2, 0.25) is 5.95 Å². The number of halogens is 2. The highest BCUT2D eigenvalue weighted by atomic mass is 32.2. The van der Waals surface area contributed by atoms with Crippen LogP contribution in [0, 0.1) is 0 Å². The summed E-state index contributed by atoms with van der Waals surface area (Å²) >= 11 is 0. The number of sulfonamides is 1. The van der Waals surface area contributed by atoms with E-state index < -0.39 is 22.4 Å². The zero-order valence-electron chi connectivity index (χ0n) is 17.4. The minimum Gasteiger partial charge on any atom is -0.321 e. The Labute approximate surface area is 192 Å². The fraction of sp³-hybridized carbons (Fsp3) is 0.190. The molecule has 4 aromatic rings. The molecule has 1 amide bonds. The first-order valence-corrected chi connectivity index (χ1v) is 11.7. The average Bonchev–Trinajstić information content (AvgIpc) is 3.57. The Kier molecular flexibility index (Phi) is 5.40. The minimum atomic E-state index is -3.93. The first kappa shape index (κ1) is 21.8. The number of carbonyl (C=O) groups excluding carboxylic acids is 1. The van der Waals surface area contributed by atoms with Gasteiger partial charge in [-0.2, -0.15) is 5.10 Å². The Bertz CT molecular complexity index is 1470. The van der Waals surface area contributed by atoms with Gasteiger partial charge in [-0.05, 0) is 49.2 Å². The quantitative estimate of drug-likeness (QED) is 0.410. The van der Waals surface area contributed by atoms with Crippen molar-refractivity contribution in [3.63, 3.8) is 0 Å². The Balaban J connectivity index is 1.34. The SMILES string of the molecule is O=C(Nc1ccc(S(=O)(=O)Nc2ncccn2)cc1)c1cc2nc(C3CC3)cc(C(F)F)n2n1. The molecule has 0 unspecified atom stereocenters. The monoisotopic (exact) mass is 485 g/mol. The molecule has 1 fully saturated rings. The molecular formula is C21H17F2N7O3S. The van der Waals surface area contributed by atoms with Crippen LogP contribution in [0.15, 0.2) is 59.8 Å². The molecule has 1 aliphatic carbocycles. The van der Waals surface area contributed by atoms with Gasteiger partial charge in [0.15, 0.2) is 11.3 Å². The fourth-order valence-electron chi connectivity index (χ4n) is 3.32. The fourth-order valence-corrected chi connectivity index (χ4v) is 4.27. The predicted octanol–water partition coefficient (Wildman–Crippen LogP) is 3.39. The molecule has 34 heavy (non-hydrogen) atoms. The Morgan fingerprint density at radius 2 is 1.79 bits per heavy atom. The molecule has 0 saturated heterocycles. The summed E-state index contributed by atoms with van der Waals surface area (Å²) < 4.78 is 55.2. The summed E-state index contributed by atoms with van der Waals surface area (Å²) in [6.45, 7) is 0. The van der Waals surface area contributed by atoms with Crippen molar-refractivity contribution in [2.24, 2.45) is 0 Å². The van der Waals surface area contributed by atoms with E-state index in [2.05, 4.69) is 30.1 Å². The molecule has 1 aromatic carbocycles. The number of fused-ring (bicyclic) bond motifs is 1. The lowest BCUT2D eigenvalue weighted by molar-refractivity contribution is 0.102. The first-order chi connectivity index (χ1) is 16.3. The van der Waals surface area contributed by atoms with Gasteiger partial charge >= 0.3 is 0 Å². The molecule has 3 aromatic heterocycles. The van der Waals surface area contributed by atoms with Crippen molar-refractivity contribution in [2.45, 2.75) is 30.1 Å². The zero-order valence-corrected chi connectivity index (χ0v) is 18.2. The van der Waals surface area contributed by atoms with Crippen molar-refractivity contribution in [3.8, 4) is 0 Å². The number of anilines is 2. The first-order valence-electron chi connectivity index (χ1n) is 10.2. The number of nitrogens with zero attached hydrogens (tertiary/aromatic N) is 5. The van der Waals surface area contributed by atoms with Crippen LogP contribution in [0.3, 0.4) is 0 Å². The van der Waals surface area contributed by atoms with E-state index in [1.54, 1.807) is 6.07 Å². The molecule has 0 spiro atoms. The highest BCUT2D eigenvalue weighted by molar-refractivity contribution is 7.92. The number of benzene rings is 1. The molecule has 0 atom stereocenters. The Morgan fingerprint density at radius 1 is 1.09 bits per heavy atom. The predicted molar refractivity (Wildman–Crippen MR) is 117 cm³/mol. The van der Waals surface area contributed by atoms with Crippen molar-refractivity contribution in [3.05, 3.63) is 71.9 Å². The standard InChI is InChI=1S/C21H17F2N7O3S/c22-19(23)17-10-15(12-2-3-12)27-18-11-16(28-30(17)18)20(31)26-13-4-6-14(7-5-13)34(32,33)29-21-24-8-1-9-25-21/h1,4-12,19H,2-3H2,(H,26,31)(H,24,25,29). The number of nitrogens with one attached hydrogen (secondary N) is 2. The van der Waals surface area contributed by atoms with Crippen molar-refractivity contribution in [1.82, 2.24) is 24.6 Å². The minimum absolute atomic E-state index is 0.0657. The van der Waals surface area contributed by atoms with Crippen LogP contribution >= 0.6 is 0 Å². The molecule has 0 radical (unpaired) electrons. The molecular weight excluding hydrogens is 468 g/mol. The second-order valence-electron chi connectivity index (χ2n) is 7.64. The number of rotatable bonds is 7. The van der Waals surface area contributed by atoms with Gasteiger partial charge < -0.3 is 5.32 Å². The van der Waals surface area contributed by atoms with E-state index >= 15 is 0 Å². The summed E-state index contributed by atoms with van der Waals surface area (Å²) in [5, 5.41) is 6.57. The van der Waals surface area contributed by atoms with E-state index in [0.717, 1.165) is 17.4 Å². The van der Waals surface area contributed by atoms with Gasteiger partial charge in [-0.15, -0.1) is 0 Å². The highest BCUT2D eigenvalue weighted by Gasteiger charge is 2.28. The molecule has 5 rings (SSSR count). The van der Waals surface area contributed by atoms with E-state index in [9.17, 15) is 22.0 Å². The number of amides is 1. The maximum Gasteiger partial charge on any atom is 0.280 e. The van der Waals surface area contributed by atoms with Crippen molar-refractivity contribution >= 4 is 33.2 Å². The van der Waals surface area contributed by atoms with Crippen LogP contribution in [0.2, 0.25) is 0 Å². The summed E-state index contributed by atoms with van der Waals surface area (Å²) in [6.07, 6.45) is 1.81. The van der Waals surface area contributed by atoms with E-state index in [1.807, 2.05) is 0 Å². The molecule has 0 aliphatic heterocycles. The molecule has 2 N–H and O–H groups in total. The smallest absolute Gasteiger partial charge is 0.280 e. The molecule has 1 saturated carbocycles. The van der Waals surface area contributed by atoms with Gasteiger partial charge in [0.25, 0.3) is 22.4 Å². The Morgan fingerprint density at radius 3 is 2.44 bits per heavy atom. The van der Waals surface area contributed by atoms with Gasteiger partial charge in [-0.3, -0.25) is 4.79 Å². The number of hydrogen-bond donors (Lipinski definition) is 2. The van der Waals surface area contributed by atoms with Crippen molar-refractivity contribution in [1.29, 1.82) is 0 Å². The van der Waals surface area contributed by atoms with E-state index in [-0.39, 0.29) is 39.5 Å². The third-order valence-corrected chi connectivity index (χ3v) is 6.48. The van der Waals surface area contributed by atoms with E-state index in [1.165, 1.54) is 48.8 Å². The number of aromatic nitrogens is 5. The zero-order chi connectivity index (χ0) is 23.9. The topological polar surface area (TPSA) is 131 Å².